The smallest absolute Gasteiger partial charge is 0.279 e. The first kappa shape index (κ1) is 14.9. The fraction of sp³-hybridized carbons (Fsp3) is 1.00. The lowest BCUT2D eigenvalue weighted by molar-refractivity contribution is 0.0848. The summed E-state index contributed by atoms with van der Waals surface area (Å²) in [5, 5.41) is 9.54. The van der Waals surface area contributed by atoms with E-state index in [0.717, 1.165) is 6.42 Å². The molecule has 0 aliphatic carbocycles. The van der Waals surface area contributed by atoms with E-state index in [4.69, 9.17) is 0 Å². The van der Waals surface area contributed by atoms with E-state index in [1.165, 1.54) is 4.31 Å². The van der Waals surface area contributed by atoms with E-state index in [9.17, 15) is 13.5 Å². The van der Waals surface area contributed by atoms with Crippen molar-refractivity contribution < 1.29 is 13.5 Å². The molecule has 0 radical (unpaired) electrons. The molecule has 2 atom stereocenters. The first-order chi connectivity index (χ1) is 7.60. The van der Waals surface area contributed by atoms with E-state index >= 15 is 0 Å². The van der Waals surface area contributed by atoms with E-state index in [2.05, 4.69) is 18.6 Å². The predicted octanol–water partition coefficient (Wildman–Crippen LogP) is 0.570. The Balaban J connectivity index is 2.63. The van der Waals surface area contributed by atoms with Crippen molar-refractivity contribution in [3.8, 4) is 0 Å². The number of hydrogen-bond acceptors (Lipinski definition) is 3. The van der Waals surface area contributed by atoms with E-state index in [-0.39, 0.29) is 6.54 Å². The number of hydrogen-bond donors (Lipinski definition) is 2. The molecule has 2 N–H and O–H groups in total. The third kappa shape index (κ3) is 4.91. The zero-order chi connectivity index (χ0) is 13.3. The molecule has 1 fully saturated rings. The zero-order valence-corrected chi connectivity index (χ0v) is 11.9. The van der Waals surface area contributed by atoms with Crippen molar-refractivity contribution in [1.29, 1.82) is 0 Å². The molecule has 17 heavy (non-hydrogen) atoms. The van der Waals surface area contributed by atoms with Gasteiger partial charge in [0.05, 0.1) is 5.60 Å². The Morgan fingerprint density at radius 1 is 1.29 bits per heavy atom. The second kappa shape index (κ2) is 5.22. The molecule has 0 aromatic carbocycles. The van der Waals surface area contributed by atoms with Crippen molar-refractivity contribution >= 4 is 10.2 Å². The number of nitrogens with one attached hydrogen (secondary N) is 1. The molecule has 102 valence electrons. The van der Waals surface area contributed by atoms with Crippen LogP contribution >= 0.6 is 0 Å². The van der Waals surface area contributed by atoms with Crippen molar-refractivity contribution in [3.63, 3.8) is 0 Å². The third-order valence-electron chi connectivity index (χ3n) is 2.86. The Hall–Kier alpha value is -0.170. The highest BCUT2D eigenvalue weighted by atomic mass is 32.2. The maximum absolute atomic E-state index is 12.0. The summed E-state index contributed by atoms with van der Waals surface area (Å²) in [4.78, 5) is 0. The molecule has 1 aliphatic rings. The fourth-order valence-electron chi connectivity index (χ4n) is 2.16. The van der Waals surface area contributed by atoms with E-state index in [0.29, 0.717) is 24.9 Å². The van der Waals surface area contributed by atoms with Crippen LogP contribution < -0.4 is 4.72 Å². The molecule has 0 saturated carbocycles. The summed E-state index contributed by atoms with van der Waals surface area (Å²) < 4.78 is 28.0. The zero-order valence-electron chi connectivity index (χ0n) is 11.1. The molecule has 1 saturated heterocycles. The van der Waals surface area contributed by atoms with Crippen LogP contribution in [0.4, 0.5) is 0 Å². The molecule has 0 amide bonds. The first-order valence-electron chi connectivity index (χ1n) is 6.07. The molecule has 0 spiro atoms. The summed E-state index contributed by atoms with van der Waals surface area (Å²) >= 11 is 0. The highest BCUT2D eigenvalue weighted by molar-refractivity contribution is 7.87. The van der Waals surface area contributed by atoms with Crippen LogP contribution in [-0.2, 0) is 10.2 Å². The SMILES string of the molecule is CC1CC(C)CN(S(=O)(=O)NCC(C)(C)O)C1. The Kier molecular flexibility index (Phi) is 4.57. The summed E-state index contributed by atoms with van der Waals surface area (Å²) in [6, 6.07) is 0. The molecular formula is C11H24N2O3S. The van der Waals surface area contributed by atoms with Gasteiger partial charge in [-0.05, 0) is 32.1 Å². The van der Waals surface area contributed by atoms with Crippen LogP contribution in [0.1, 0.15) is 34.1 Å². The minimum absolute atomic E-state index is 0.0363. The highest BCUT2D eigenvalue weighted by Crippen LogP contribution is 2.22. The standard InChI is InChI=1S/C11H24N2O3S/c1-9-5-10(2)7-13(6-9)17(15,16)12-8-11(3,4)14/h9-10,12,14H,5-8H2,1-4H3. The Bertz CT molecular complexity index is 338. The van der Waals surface area contributed by atoms with Crippen LogP contribution in [-0.4, -0.2) is 43.1 Å². The Labute approximate surface area is 104 Å². The van der Waals surface area contributed by atoms with Crippen LogP contribution in [0.2, 0.25) is 0 Å². The van der Waals surface area contributed by atoms with Gasteiger partial charge >= 0.3 is 0 Å². The Morgan fingerprint density at radius 3 is 2.18 bits per heavy atom. The lowest BCUT2D eigenvalue weighted by Crippen LogP contribution is -2.50. The van der Waals surface area contributed by atoms with E-state index < -0.39 is 15.8 Å². The van der Waals surface area contributed by atoms with Crippen molar-refractivity contribution in [2.45, 2.75) is 39.7 Å². The number of nitrogens with zero attached hydrogens (tertiary/aromatic N) is 1. The largest absolute Gasteiger partial charge is 0.389 e. The monoisotopic (exact) mass is 264 g/mol. The van der Waals surface area contributed by atoms with Gasteiger partial charge in [-0.3, -0.25) is 0 Å². The average molecular weight is 264 g/mol. The van der Waals surface area contributed by atoms with Crippen molar-refractivity contribution in [2.24, 2.45) is 11.8 Å². The van der Waals surface area contributed by atoms with E-state index in [1.807, 2.05) is 0 Å². The maximum atomic E-state index is 12.0. The second-order valence-corrected chi connectivity index (χ2v) is 7.66. The van der Waals surface area contributed by atoms with Crippen LogP contribution in [0.3, 0.4) is 0 Å². The van der Waals surface area contributed by atoms with Gasteiger partial charge in [0.1, 0.15) is 0 Å². The predicted molar refractivity (Wildman–Crippen MR) is 67.7 cm³/mol. The molecular weight excluding hydrogens is 240 g/mol. The molecule has 1 heterocycles. The molecule has 1 rings (SSSR count). The van der Waals surface area contributed by atoms with Gasteiger partial charge < -0.3 is 5.11 Å². The maximum Gasteiger partial charge on any atom is 0.279 e. The second-order valence-electron chi connectivity index (χ2n) is 5.90. The summed E-state index contributed by atoms with van der Waals surface area (Å²) in [6.07, 6.45) is 1.07. The number of aliphatic hydroxyl groups is 1. The average Bonchev–Trinajstić information content (AvgIpc) is 2.12. The van der Waals surface area contributed by atoms with Crippen molar-refractivity contribution in [1.82, 2.24) is 9.03 Å². The molecule has 0 aromatic rings. The topological polar surface area (TPSA) is 69.6 Å². The van der Waals surface area contributed by atoms with Crippen molar-refractivity contribution in [2.75, 3.05) is 19.6 Å². The van der Waals surface area contributed by atoms with Gasteiger partial charge in [0.2, 0.25) is 0 Å². The first-order valence-corrected chi connectivity index (χ1v) is 7.51. The van der Waals surface area contributed by atoms with Gasteiger partial charge in [0, 0.05) is 19.6 Å². The van der Waals surface area contributed by atoms with Crippen LogP contribution in [0.5, 0.6) is 0 Å². The van der Waals surface area contributed by atoms with Gasteiger partial charge in [-0.2, -0.15) is 17.4 Å². The van der Waals surface area contributed by atoms with E-state index in [1.54, 1.807) is 13.8 Å². The van der Waals surface area contributed by atoms with Gasteiger partial charge in [-0.15, -0.1) is 0 Å². The normalized spacial score (nSPS) is 28.3. The molecule has 1 aliphatic heterocycles. The molecule has 0 aromatic heterocycles. The minimum atomic E-state index is -3.46. The fourth-order valence-corrected chi connectivity index (χ4v) is 3.78. The number of rotatable bonds is 4. The summed E-state index contributed by atoms with van der Waals surface area (Å²) in [5.41, 5.74) is -1.03. The Morgan fingerprint density at radius 2 is 1.76 bits per heavy atom. The summed E-state index contributed by atoms with van der Waals surface area (Å²) in [5.74, 6) is 0.773. The van der Waals surface area contributed by atoms with Gasteiger partial charge in [-0.25, -0.2) is 0 Å². The molecule has 5 nitrogen and oxygen atoms in total. The quantitative estimate of drug-likeness (QED) is 0.780. The molecule has 2 unspecified atom stereocenters. The highest BCUT2D eigenvalue weighted by Gasteiger charge is 2.31. The molecule has 0 bridgehead atoms. The molecule has 6 heteroatoms. The van der Waals surface area contributed by atoms with Gasteiger partial charge in [0.25, 0.3) is 10.2 Å². The van der Waals surface area contributed by atoms with Gasteiger partial charge in [0.15, 0.2) is 0 Å². The van der Waals surface area contributed by atoms with Crippen LogP contribution in [0, 0.1) is 11.8 Å². The number of piperidine rings is 1. The van der Waals surface area contributed by atoms with Gasteiger partial charge in [-0.1, -0.05) is 13.8 Å². The lowest BCUT2D eigenvalue weighted by Gasteiger charge is -2.34. The van der Waals surface area contributed by atoms with Crippen LogP contribution in [0.25, 0.3) is 0 Å². The van der Waals surface area contributed by atoms with Crippen LogP contribution in [0.15, 0.2) is 0 Å². The van der Waals surface area contributed by atoms with Crippen molar-refractivity contribution in [3.05, 3.63) is 0 Å². The lowest BCUT2D eigenvalue weighted by atomic mass is 9.94. The summed E-state index contributed by atoms with van der Waals surface area (Å²) in [6.45, 7) is 8.45. The minimum Gasteiger partial charge on any atom is -0.389 e. The third-order valence-corrected chi connectivity index (χ3v) is 4.35. The summed E-state index contributed by atoms with van der Waals surface area (Å²) in [7, 11) is -3.46.